The zero-order chi connectivity index (χ0) is 19.2. The van der Waals surface area contributed by atoms with Crippen LogP contribution in [0, 0.1) is 6.92 Å². The molecule has 27 heavy (non-hydrogen) atoms. The summed E-state index contributed by atoms with van der Waals surface area (Å²) in [6, 6.07) is 13.3. The normalized spacial score (nSPS) is 22.1. The molecule has 0 bridgehead atoms. The molecule has 0 amide bonds. The first kappa shape index (κ1) is 19.2. The summed E-state index contributed by atoms with van der Waals surface area (Å²) in [6.45, 7) is 3.70. The van der Waals surface area contributed by atoms with Gasteiger partial charge in [0.2, 0.25) is 10.0 Å². The molecule has 0 radical (unpaired) electrons. The lowest BCUT2D eigenvalue weighted by molar-refractivity contribution is 0.129. The van der Waals surface area contributed by atoms with Crippen LogP contribution in [0.3, 0.4) is 0 Å². The van der Waals surface area contributed by atoms with E-state index in [1.165, 1.54) is 18.9 Å². The fourth-order valence-electron chi connectivity index (χ4n) is 3.75. The van der Waals surface area contributed by atoms with Gasteiger partial charge >= 0.3 is 0 Å². The lowest BCUT2D eigenvalue weighted by atomic mass is 10.0. The largest absolute Gasteiger partial charge is 0.297 e. The molecule has 2 aromatic rings. The monoisotopic (exact) mass is 424 g/mol. The van der Waals surface area contributed by atoms with Crippen LogP contribution < -0.4 is 0 Å². The van der Waals surface area contributed by atoms with Crippen molar-refractivity contribution in [2.45, 2.75) is 36.7 Å². The van der Waals surface area contributed by atoms with Gasteiger partial charge in [-0.25, -0.2) is 8.42 Å². The molecule has 2 aromatic carbocycles. The van der Waals surface area contributed by atoms with Crippen LogP contribution in [-0.2, 0) is 10.0 Å². The molecule has 144 valence electrons. The van der Waals surface area contributed by atoms with E-state index < -0.39 is 10.0 Å². The first-order chi connectivity index (χ1) is 12.9. The Bertz CT molecular complexity index is 946. The average molecular weight is 425 g/mol. The fourth-order valence-corrected chi connectivity index (χ4v) is 6.15. The van der Waals surface area contributed by atoms with E-state index in [1.54, 1.807) is 17.3 Å². The lowest BCUT2D eigenvalue weighted by Gasteiger charge is -2.41. The van der Waals surface area contributed by atoms with E-state index in [2.05, 4.69) is 4.90 Å². The molecule has 1 saturated carbocycles. The van der Waals surface area contributed by atoms with E-state index in [1.807, 2.05) is 30.3 Å². The van der Waals surface area contributed by atoms with Crippen LogP contribution in [0.2, 0.25) is 10.0 Å². The second-order valence-electron chi connectivity index (χ2n) is 7.30. The Balaban J connectivity index is 1.74. The number of hydrogen-bond acceptors (Lipinski definition) is 3. The third kappa shape index (κ3) is 3.76. The summed E-state index contributed by atoms with van der Waals surface area (Å²) in [4.78, 5) is 2.55. The Hall–Kier alpha value is -1.11. The maximum atomic E-state index is 13.5. The number of halogens is 2. The van der Waals surface area contributed by atoms with Crippen molar-refractivity contribution in [2.75, 3.05) is 19.6 Å². The molecule has 1 saturated heterocycles. The predicted molar refractivity (Wildman–Crippen MR) is 109 cm³/mol. The van der Waals surface area contributed by atoms with E-state index in [4.69, 9.17) is 23.2 Å². The third-order valence-electron chi connectivity index (χ3n) is 5.41. The minimum Gasteiger partial charge on any atom is -0.297 e. The molecule has 4 rings (SSSR count). The van der Waals surface area contributed by atoms with Gasteiger partial charge in [0.05, 0.1) is 11.1 Å². The van der Waals surface area contributed by atoms with Crippen molar-refractivity contribution in [3.8, 4) is 0 Å². The summed E-state index contributed by atoms with van der Waals surface area (Å²) in [5.74, 6) is 0. The van der Waals surface area contributed by atoms with E-state index in [-0.39, 0.29) is 16.0 Å². The number of nitrogens with zero attached hydrogens (tertiary/aromatic N) is 2. The summed E-state index contributed by atoms with van der Waals surface area (Å²) in [5, 5.41) is 0.638. The minimum atomic E-state index is -3.74. The van der Waals surface area contributed by atoms with Crippen molar-refractivity contribution >= 4 is 33.2 Å². The molecule has 4 nitrogen and oxygen atoms in total. The van der Waals surface area contributed by atoms with Gasteiger partial charge in [0, 0.05) is 30.7 Å². The molecule has 1 atom stereocenters. The number of sulfonamides is 1. The van der Waals surface area contributed by atoms with Gasteiger partial charge in [-0.05, 0) is 43.0 Å². The molecular formula is C20H22Cl2N2O2S. The van der Waals surface area contributed by atoms with Gasteiger partial charge in [-0.15, -0.1) is 0 Å². The Labute approximate surface area is 170 Å². The van der Waals surface area contributed by atoms with Crippen LogP contribution in [0.4, 0.5) is 0 Å². The molecule has 0 spiro atoms. The average Bonchev–Trinajstić information content (AvgIpc) is 3.50. The van der Waals surface area contributed by atoms with Gasteiger partial charge in [-0.1, -0.05) is 53.5 Å². The summed E-state index contributed by atoms with van der Waals surface area (Å²) in [6.07, 6.45) is 2.41. The smallest absolute Gasteiger partial charge is 0.245 e. The lowest BCUT2D eigenvalue weighted by Crippen LogP contribution is -2.51. The van der Waals surface area contributed by atoms with Crippen molar-refractivity contribution in [1.29, 1.82) is 0 Å². The summed E-state index contributed by atoms with van der Waals surface area (Å²) < 4.78 is 28.7. The molecule has 1 aliphatic carbocycles. The Morgan fingerprint density at radius 2 is 1.70 bits per heavy atom. The Morgan fingerprint density at radius 1 is 1.00 bits per heavy atom. The van der Waals surface area contributed by atoms with Crippen molar-refractivity contribution < 1.29 is 8.42 Å². The van der Waals surface area contributed by atoms with Crippen LogP contribution in [0.25, 0.3) is 0 Å². The van der Waals surface area contributed by atoms with Gasteiger partial charge in [0.25, 0.3) is 0 Å². The van der Waals surface area contributed by atoms with Crippen molar-refractivity contribution in [3.63, 3.8) is 0 Å². The molecule has 7 heteroatoms. The van der Waals surface area contributed by atoms with Gasteiger partial charge in [-0.3, -0.25) is 4.90 Å². The summed E-state index contributed by atoms with van der Waals surface area (Å²) in [5.41, 5.74) is 1.71. The molecule has 2 fully saturated rings. The first-order valence-corrected chi connectivity index (χ1v) is 11.3. The Kier molecular flexibility index (Phi) is 5.25. The van der Waals surface area contributed by atoms with Crippen LogP contribution in [0.1, 0.15) is 30.0 Å². The Morgan fingerprint density at radius 3 is 2.37 bits per heavy atom. The van der Waals surface area contributed by atoms with Crippen LogP contribution in [-0.4, -0.2) is 43.3 Å². The standard InChI is InChI=1S/C20H22Cl2N2O2S/c1-14-11-20(18(22)12-17(14)21)27(25,26)24-10-9-23(16-7-8-16)13-19(24)15-5-3-2-4-6-15/h2-6,11-12,16,19H,7-10,13H2,1H3. The molecule has 0 N–H and O–H groups in total. The maximum Gasteiger partial charge on any atom is 0.245 e. The quantitative estimate of drug-likeness (QED) is 0.724. The first-order valence-electron chi connectivity index (χ1n) is 9.14. The second-order valence-corrected chi connectivity index (χ2v) is 9.97. The van der Waals surface area contributed by atoms with Gasteiger partial charge in [0.1, 0.15) is 4.90 Å². The number of hydrogen-bond donors (Lipinski definition) is 0. The highest BCUT2D eigenvalue weighted by atomic mass is 35.5. The van der Waals surface area contributed by atoms with Gasteiger partial charge < -0.3 is 0 Å². The summed E-state index contributed by atoms with van der Waals surface area (Å²) in [7, 11) is -3.74. The van der Waals surface area contributed by atoms with Crippen LogP contribution in [0.5, 0.6) is 0 Å². The molecule has 0 aromatic heterocycles. The number of rotatable bonds is 4. The highest BCUT2D eigenvalue weighted by molar-refractivity contribution is 7.89. The highest BCUT2D eigenvalue weighted by Crippen LogP contribution is 2.38. The van der Waals surface area contributed by atoms with E-state index in [0.717, 1.165) is 12.1 Å². The van der Waals surface area contributed by atoms with Crippen molar-refractivity contribution in [3.05, 3.63) is 63.6 Å². The molecule has 1 unspecified atom stereocenters. The van der Waals surface area contributed by atoms with E-state index in [0.29, 0.717) is 29.7 Å². The topological polar surface area (TPSA) is 40.6 Å². The highest BCUT2D eigenvalue weighted by Gasteiger charge is 2.41. The number of benzene rings is 2. The third-order valence-corrected chi connectivity index (χ3v) is 8.19. The van der Waals surface area contributed by atoms with Crippen LogP contribution in [0.15, 0.2) is 47.4 Å². The molecule has 1 heterocycles. The van der Waals surface area contributed by atoms with E-state index in [9.17, 15) is 8.42 Å². The SMILES string of the molecule is Cc1cc(S(=O)(=O)N2CCN(C3CC3)CC2c2ccccc2)c(Cl)cc1Cl. The zero-order valence-corrected chi connectivity index (χ0v) is 17.4. The number of piperazine rings is 1. The molecular weight excluding hydrogens is 403 g/mol. The fraction of sp³-hybridized carbons (Fsp3) is 0.400. The van der Waals surface area contributed by atoms with Crippen molar-refractivity contribution in [2.24, 2.45) is 0 Å². The minimum absolute atomic E-state index is 0.131. The zero-order valence-electron chi connectivity index (χ0n) is 15.1. The van der Waals surface area contributed by atoms with Gasteiger partial charge in [-0.2, -0.15) is 4.31 Å². The summed E-state index contributed by atoms with van der Waals surface area (Å²) >= 11 is 12.4. The second kappa shape index (κ2) is 7.37. The number of aryl methyl sites for hydroxylation is 1. The maximum absolute atomic E-state index is 13.5. The van der Waals surface area contributed by atoms with Crippen LogP contribution >= 0.6 is 23.2 Å². The predicted octanol–water partition coefficient (Wildman–Crippen LogP) is 4.51. The molecule has 2 aliphatic rings. The van der Waals surface area contributed by atoms with Crippen molar-refractivity contribution in [1.82, 2.24) is 9.21 Å². The van der Waals surface area contributed by atoms with Gasteiger partial charge in [0.15, 0.2) is 0 Å². The van der Waals surface area contributed by atoms with E-state index >= 15 is 0 Å². The molecule has 1 aliphatic heterocycles.